The Morgan fingerprint density at radius 1 is 1.59 bits per heavy atom. The number of ether oxygens (including phenoxy) is 2. The van der Waals surface area contributed by atoms with Gasteiger partial charge in [-0.15, -0.1) is 0 Å². The topological polar surface area (TPSA) is 95.7 Å². The molecule has 17 heavy (non-hydrogen) atoms. The summed E-state index contributed by atoms with van der Waals surface area (Å²) in [6, 6.07) is -0.883. The second-order valence-electron chi connectivity index (χ2n) is 4.29. The first-order valence-corrected chi connectivity index (χ1v) is 7.66. The Balaban J connectivity index is 2.21. The predicted octanol–water partition coefficient (Wildman–Crippen LogP) is -0.529. The molecule has 0 aromatic heterocycles. The van der Waals surface area contributed by atoms with Crippen LogP contribution in [0.2, 0.25) is 0 Å². The Hall–Kier alpha value is -0.660. The van der Waals surface area contributed by atoms with Gasteiger partial charge >= 0.3 is 5.97 Å². The fourth-order valence-electron chi connectivity index (χ4n) is 1.52. The summed E-state index contributed by atoms with van der Waals surface area (Å²) in [7, 11) is -3.10. The third kappa shape index (κ3) is 5.99. The third-order valence-corrected chi connectivity index (χ3v) is 3.52. The summed E-state index contributed by atoms with van der Waals surface area (Å²) >= 11 is 0. The van der Waals surface area contributed by atoms with Crippen LogP contribution in [0.15, 0.2) is 0 Å². The minimum atomic E-state index is -3.10. The van der Waals surface area contributed by atoms with Crippen LogP contribution < -0.4 is 5.73 Å². The first kappa shape index (κ1) is 14.4. The molecule has 6 nitrogen and oxygen atoms in total. The smallest absolute Gasteiger partial charge is 0.323 e. The molecule has 2 atom stereocenters. The van der Waals surface area contributed by atoms with Crippen molar-refractivity contribution in [2.24, 2.45) is 5.73 Å². The third-order valence-electron chi connectivity index (χ3n) is 2.54. The van der Waals surface area contributed by atoms with Crippen LogP contribution in [0.3, 0.4) is 0 Å². The van der Waals surface area contributed by atoms with Crippen molar-refractivity contribution in [3.05, 3.63) is 0 Å². The van der Waals surface area contributed by atoms with Gasteiger partial charge in [0, 0.05) is 12.9 Å². The molecule has 1 rings (SSSR count). The van der Waals surface area contributed by atoms with Gasteiger partial charge in [0.1, 0.15) is 22.5 Å². The molecule has 0 saturated carbocycles. The molecule has 0 spiro atoms. The van der Waals surface area contributed by atoms with Crippen LogP contribution in [0.4, 0.5) is 0 Å². The summed E-state index contributed by atoms with van der Waals surface area (Å²) in [5, 5.41) is 0. The Morgan fingerprint density at radius 3 is 2.82 bits per heavy atom. The molecular formula is C10H19NO5S. The van der Waals surface area contributed by atoms with Gasteiger partial charge in [-0.3, -0.25) is 4.79 Å². The lowest BCUT2D eigenvalue weighted by Crippen LogP contribution is -2.35. The second kappa shape index (κ2) is 6.32. The molecule has 2 unspecified atom stereocenters. The molecular weight excluding hydrogens is 246 g/mol. The van der Waals surface area contributed by atoms with Crippen molar-refractivity contribution >= 4 is 15.8 Å². The minimum absolute atomic E-state index is 0.0407. The van der Waals surface area contributed by atoms with Gasteiger partial charge in [0.25, 0.3) is 0 Å². The van der Waals surface area contributed by atoms with E-state index in [-0.39, 0.29) is 24.9 Å². The largest absolute Gasteiger partial charge is 0.462 e. The molecule has 0 aromatic rings. The average Bonchev–Trinajstić information content (AvgIpc) is 2.74. The van der Waals surface area contributed by atoms with E-state index in [0.717, 1.165) is 19.1 Å². The number of hydrogen-bond donors (Lipinski definition) is 1. The standard InChI is InChI=1S/C10H19NO5S/c1-17(13,14)6-4-9(11)10(12)16-7-8-3-2-5-15-8/h8-9H,2-7,11H2,1H3. The highest BCUT2D eigenvalue weighted by Crippen LogP contribution is 2.12. The number of rotatable bonds is 6. The molecule has 1 aliphatic heterocycles. The van der Waals surface area contributed by atoms with E-state index in [0.29, 0.717) is 6.61 Å². The van der Waals surface area contributed by atoms with Crippen LogP contribution in [0.25, 0.3) is 0 Å². The zero-order chi connectivity index (χ0) is 12.9. The zero-order valence-electron chi connectivity index (χ0n) is 9.92. The van der Waals surface area contributed by atoms with Gasteiger partial charge in [-0.2, -0.15) is 0 Å². The van der Waals surface area contributed by atoms with Crippen LogP contribution >= 0.6 is 0 Å². The molecule has 0 aromatic carbocycles. The van der Waals surface area contributed by atoms with E-state index in [1.807, 2.05) is 0 Å². The highest BCUT2D eigenvalue weighted by molar-refractivity contribution is 7.90. The van der Waals surface area contributed by atoms with Crippen molar-refractivity contribution in [1.29, 1.82) is 0 Å². The Bertz CT molecular complexity index is 348. The number of sulfone groups is 1. The van der Waals surface area contributed by atoms with Gasteiger partial charge in [-0.1, -0.05) is 0 Å². The van der Waals surface area contributed by atoms with Crippen LogP contribution in [0, 0.1) is 0 Å². The molecule has 0 aliphatic carbocycles. The normalized spacial score (nSPS) is 22.4. The molecule has 1 saturated heterocycles. The SMILES string of the molecule is CS(=O)(=O)CCC(N)C(=O)OCC1CCCO1. The molecule has 1 heterocycles. The van der Waals surface area contributed by atoms with Crippen molar-refractivity contribution in [2.45, 2.75) is 31.4 Å². The summed E-state index contributed by atoms with van der Waals surface area (Å²) in [5.41, 5.74) is 5.53. The van der Waals surface area contributed by atoms with E-state index in [9.17, 15) is 13.2 Å². The van der Waals surface area contributed by atoms with Gasteiger partial charge in [-0.25, -0.2) is 8.42 Å². The van der Waals surface area contributed by atoms with Crippen LogP contribution in [0.1, 0.15) is 19.3 Å². The average molecular weight is 265 g/mol. The lowest BCUT2D eigenvalue weighted by molar-refractivity contribution is -0.148. The van der Waals surface area contributed by atoms with Crippen LogP contribution in [0.5, 0.6) is 0 Å². The lowest BCUT2D eigenvalue weighted by atomic mass is 10.2. The molecule has 0 amide bonds. The fraction of sp³-hybridized carbons (Fsp3) is 0.900. The van der Waals surface area contributed by atoms with Crippen molar-refractivity contribution < 1.29 is 22.7 Å². The van der Waals surface area contributed by atoms with Crippen LogP contribution in [-0.4, -0.2) is 51.8 Å². The summed E-state index contributed by atoms with van der Waals surface area (Å²) in [4.78, 5) is 11.4. The number of esters is 1. The van der Waals surface area contributed by atoms with Gasteiger partial charge < -0.3 is 15.2 Å². The monoisotopic (exact) mass is 265 g/mol. The first-order valence-electron chi connectivity index (χ1n) is 5.60. The van der Waals surface area contributed by atoms with E-state index in [2.05, 4.69) is 0 Å². The Kier molecular flexibility index (Phi) is 5.35. The van der Waals surface area contributed by atoms with Crippen molar-refractivity contribution in [3.63, 3.8) is 0 Å². The maximum absolute atomic E-state index is 11.4. The molecule has 0 radical (unpaired) electrons. The van der Waals surface area contributed by atoms with Gasteiger partial charge in [0.15, 0.2) is 0 Å². The molecule has 1 fully saturated rings. The minimum Gasteiger partial charge on any atom is -0.462 e. The summed E-state index contributed by atoms with van der Waals surface area (Å²) in [6.07, 6.45) is 3.01. The van der Waals surface area contributed by atoms with Gasteiger partial charge in [0.2, 0.25) is 0 Å². The summed E-state index contributed by atoms with van der Waals surface area (Å²) in [6.45, 7) is 0.897. The summed E-state index contributed by atoms with van der Waals surface area (Å²) < 4.78 is 32.0. The highest BCUT2D eigenvalue weighted by atomic mass is 32.2. The van der Waals surface area contributed by atoms with Crippen LogP contribution in [-0.2, 0) is 24.1 Å². The zero-order valence-corrected chi connectivity index (χ0v) is 10.7. The number of carbonyl (C=O) groups excluding carboxylic acids is 1. The maximum atomic E-state index is 11.4. The van der Waals surface area contributed by atoms with E-state index < -0.39 is 21.8 Å². The van der Waals surface area contributed by atoms with E-state index in [4.69, 9.17) is 15.2 Å². The molecule has 100 valence electrons. The fourth-order valence-corrected chi connectivity index (χ4v) is 2.20. The Labute approximate surface area is 101 Å². The predicted molar refractivity (Wildman–Crippen MR) is 62.2 cm³/mol. The second-order valence-corrected chi connectivity index (χ2v) is 6.55. The van der Waals surface area contributed by atoms with E-state index >= 15 is 0 Å². The number of nitrogens with two attached hydrogens (primary N) is 1. The van der Waals surface area contributed by atoms with E-state index in [1.54, 1.807) is 0 Å². The number of carbonyl (C=O) groups is 1. The van der Waals surface area contributed by atoms with Crippen molar-refractivity contribution in [3.8, 4) is 0 Å². The van der Waals surface area contributed by atoms with Gasteiger partial charge in [-0.05, 0) is 19.3 Å². The lowest BCUT2D eigenvalue weighted by Gasteiger charge is -2.13. The van der Waals surface area contributed by atoms with Crippen molar-refractivity contribution in [1.82, 2.24) is 0 Å². The number of hydrogen-bond acceptors (Lipinski definition) is 6. The Morgan fingerprint density at radius 2 is 2.29 bits per heavy atom. The summed E-state index contributed by atoms with van der Waals surface area (Å²) in [5.74, 6) is -0.674. The quantitative estimate of drug-likeness (QED) is 0.649. The molecule has 0 bridgehead atoms. The first-order chi connectivity index (χ1) is 7.88. The van der Waals surface area contributed by atoms with E-state index in [1.165, 1.54) is 0 Å². The molecule has 2 N–H and O–H groups in total. The van der Waals surface area contributed by atoms with Crippen molar-refractivity contribution in [2.75, 3.05) is 25.2 Å². The van der Waals surface area contributed by atoms with Gasteiger partial charge in [0.05, 0.1) is 11.9 Å². The maximum Gasteiger partial charge on any atom is 0.323 e. The highest BCUT2D eigenvalue weighted by Gasteiger charge is 2.21. The molecule has 7 heteroatoms. The molecule has 1 aliphatic rings.